The number of anilines is 1. The van der Waals surface area contributed by atoms with Crippen molar-refractivity contribution in [1.29, 1.82) is 0 Å². The zero-order chi connectivity index (χ0) is 17.8. The first-order valence-corrected chi connectivity index (χ1v) is 8.68. The normalized spacial score (nSPS) is 15.2. The molecule has 0 saturated carbocycles. The second-order valence-electron chi connectivity index (χ2n) is 6.22. The van der Waals surface area contributed by atoms with E-state index in [4.69, 9.17) is 10.5 Å². The Kier molecular flexibility index (Phi) is 5.24. The molecule has 25 heavy (non-hydrogen) atoms. The molecule has 1 saturated heterocycles. The minimum absolute atomic E-state index is 0.450. The molecule has 1 aliphatic rings. The fourth-order valence-electron chi connectivity index (χ4n) is 3.37. The van der Waals surface area contributed by atoms with Crippen LogP contribution in [0.5, 0.6) is 5.75 Å². The number of benzene rings is 2. The van der Waals surface area contributed by atoms with Crippen LogP contribution < -0.4 is 15.4 Å². The highest BCUT2D eigenvalue weighted by Gasteiger charge is 2.18. The Labute approximate surface area is 149 Å². The third-order valence-electron chi connectivity index (χ3n) is 4.85. The first-order chi connectivity index (χ1) is 12.1. The predicted molar refractivity (Wildman–Crippen MR) is 101 cm³/mol. The molecule has 2 aromatic rings. The molecule has 2 aromatic carbocycles. The van der Waals surface area contributed by atoms with Crippen LogP contribution in [0.3, 0.4) is 0 Å². The number of rotatable bonds is 5. The molecule has 1 amide bonds. The Hall–Kier alpha value is -2.53. The first-order valence-electron chi connectivity index (χ1n) is 8.68. The van der Waals surface area contributed by atoms with Gasteiger partial charge in [-0.15, -0.1) is 0 Å². The van der Waals surface area contributed by atoms with Gasteiger partial charge in [0.2, 0.25) is 5.91 Å². The number of nitrogens with zero attached hydrogens (tertiary/aromatic N) is 2. The van der Waals surface area contributed by atoms with Crippen molar-refractivity contribution in [3.8, 4) is 16.9 Å². The fourth-order valence-corrected chi connectivity index (χ4v) is 3.37. The minimum Gasteiger partial charge on any atom is -0.496 e. The summed E-state index contributed by atoms with van der Waals surface area (Å²) in [4.78, 5) is 16.6. The SMILES string of the molecule is CCN1CCN(c2ccc(-c3c(OC)cccc3C(N)=O)cc2)CC1. The number of amides is 1. The third-order valence-corrected chi connectivity index (χ3v) is 4.85. The summed E-state index contributed by atoms with van der Waals surface area (Å²) < 4.78 is 5.44. The van der Waals surface area contributed by atoms with Gasteiger partial charge in [0.25, 0.3) is 0 Å². The summed E-state index contributed by atoms with van der Waals surface area (Å²) in [5.74, 6) is 0.203. The van der Waals surface area contributed by atoms with Crippen LogP contribution in [0.2, 0.25) is 0 Å². The van der Waals surface area contributed by atoms with E-state index >= 15 is 0 Å². The number of primary amides is 1. The van der Waals surface area contributed by atoms with Crippen LogP contribution >= 0.6 is 0 Å². The van der Waals surface area contributed by atoms with Crippen LogP contribution in [0.1, 0.15) is 17.3 Å². The first kappa shape index (κ1) is 17.3. The minimum atomic E-state index is -0.450. The molecule has 0 unspecified atom stereocenters. The number of hydrogen-bond donors (Lipinski definition) is 1. The molecule has 5 nitrogen and oxygen atoms in total. The zero-order valence-corrected chi connectivity index (χ0v) is 14.9. The van der Waals surface area contributed by atoms with Crippen LogP contribution in [0, 0.1) is 0 Å². The van der Waals surface area contributed by atoms with Gasteiger partial charge >= 0.3 is 0 Å². The maximum absolute atomic E-state index is 11.8. The number of nitrogens with two attached hydrogens (primary N) is 1. The Bertz CT molecular complexity index is 735. The summed E-state index contributed by atoms with van der Waals surface area (Å²) in [5.41, 5.74) is 8.90. The molecule has 1 aliphatic heterocycles. The molecule has 0 aromatic heterocycles. The van der Waals surface area contributed by atoms with Crippen molar-refractivity contribution in [3.63, 3.8) is 0 Å². The number of methoxy groups -OCH3 is 1. The smallest absolute Gasteiger partial charge is 0.249 e. The summed E-state index contributed by atoms with van der Waals surface area (Å²) in [5, 5.41) is 0. The largest absolute Gasteiger partial charge is 0.496 e. The molecular weight excluding hydrogens is 314 g/mol. The average Bonchev–Trinajstić information content (AvgIpc) is 2.67. The van der Waals surface area contributed by atoms with Crippen LogP contribution in [-0.4, -0.2) is 50.6 Å². The monoisotopic (exact) mass is 339 g/mol. The van der Waals surface area contributed by atoms with E-state index in [9.17, 15) is 4.79 Å². The number of hydrogen-bond acceptors (Lipinski definition) is 4. The maximum atomic E-state index is 11.8. The summed E-state index contributed by atoms with van der Waals surface area (Å²) >= 11 is 0. The molecule has 2 N–H and O–H groups in total. The Balaban J connectivity index is 1.87. The average molecular weight is 339 g/mol. The van der Waals surface area contributed by atoms with E-state index in [-0.39, 0.29) is 0 Å². The maximum Gasteiger partial charge on any atom is 0.249 e. The van der Waals surface area contributed by atoms with E-state index in [1.165, 1.54) is 5.69 Å². The van der Waals surface area contributed by atoms with Gasteiger partial charge in [0.15, 0.2) is 0 Å². The van der Waals surface area contributed by atoms with E-state index in [2.05, 4.69) is 28.9 Å². The summed E-state index contributed by atoms with van der Waals surface area (Å²) in [6, 6.07) is 13.6. The highest BCUT2D eigenvalue weighted by atomic mass is 16.5. The highest BCUT2D eigenvalue weighted by Crippen LogP contribution is 2.34. The summed E-state index contributed by atoms with van der Waals surface area (Å²) in [6.45, 7) is 7.57. The quantitative estimate of drug-likeness (QED) is 0.910. The van der Waals surface area contributed by atoms with Crippen molar-refractivity contribution in [2.75, 3.05) is 44.7 Å². The van der Waals surface area contributed by atoms with Gasteiger partial charge in [-0.3, -0.25) is 4.79 Å². The predicted octanol–water partition coefficient (Wildman–Crippen LogP) is 2.60. The van der Waals surface area contributed by atoms with Gasteiger partial charge in [0.05, 0.1) is 12.7 Å². The molecule has 0 radical (unpaired) electrons. The van der Waals surface area contributed by atoms with Gasteiger partial charge < -0.3 is 20.3 Å². The fraction of sp³-hybridized carbons (Fsp3) is 0.350. The van der Waals surface area contributed by atoms with Crippen molar-refractivity contribution in [2.45, 2.75) is 6.92 Å². The molecule has 0 atom stereocenters. The second kappa shape index (κ2) is 7.57. The lowest BCUT2D eigenvalue weighted by molar-refractivity contribution is 0.100. The molecule has 1 fully saturated rings. The second-order valence-corrected chi connectivity index (χ2v) is 6.22. The lowest BCUT2D eigenvalue weighted by Gasteiger charge is -2.35. The van der Waals surface area contributed by atoms with E-state index < -0.39 is 5.91 Å². The molecule has 0 spiro atoms. The van der Waals surface area contributed by atoms with E-state index in [1.54, 1.807) is 19.2 Å². The van der Waals surface area contributed by atoms with Crippen LogP contribution in [0.25, 0.3) is 11.1 Å². The third kappa shape index (κ3) is 3.61. The molecule has 0 aliphatic carbocycles. The Morgan fingerprint density at radius 3 is 2.32 bits per heavy atom. The van der Waals surface area contributed by atoms with E-state index in [0.29, 0.717) is 11.3 Å². The standard InChI is InChI=1S/C20H25N3O2/c1-3-22-11-13-23(14-12-22)16-9-7-15(8-10-16)19-17(20(21)24)5-4-6-18(19)25-2/h4-10H,3,11-14H2,1-2H3,(H2,21,24). The van der Waals surface area contributed by atoms with Gasteiger partial charge in [-0.25, -0.2) is 0 Å². The number of piperazine rings is 1. The summed E-state index contributed by atoms with van der Waals surface area (Å²) in [7, 11) is 1.60. The number of ether oxygens (including phenoxy) is 1. The molecule has 0 bridgehead atoms. The van der Waals surface area contributed by atoms with Crippen LogP contribution in [-0.2, 0) is 0 Å². The van der Waals surface area contributed by atoms with Crippen LogP contribution in [0.15, 0.2) is 42.5 Å². The van der Waals surface area contributed by atoms with Gasteiger partial charge in [0.1, 0.15) is 5.75 Å². The lowest BCUT2D eigenvalue weighted by atomic mass is 9.97. The molecule has 132 valence electrons. The zero-order valence-electron chi connectivity index (χ0n) is 14.9. The van der Waals surface area contributed by atoms with Gasteiger partial charge in [-0.2, -0.15) is 0 Å². The number of carbonyl (C=O) groups excluding carboxylic acids is 1. The van der Waals surface area contributed by atoms with Crippen molar-refractivity contribution in [1.82, 2.24) is 4.90 Å². The molecule has 1 heterocycles. The van der Waals surface area contributed by atoms with Gasteiger partial charge in [-0.05, 0) is 36.4 Å². The molecule has 3 rings (SSSR count). The summed E-state index contributed by atoms with van der Waals surface area (Å²) in [6.07, 6.45) is 0. The highest BCUT2D eigenvalue weighted by molar-refractivity contribution is 6.01. The van der Waals surface area contributed by atoms with Crippen LogP contribution in [0.4, 0.5) is 5.69 Å². The number of carbonyl (C=O) groups is 1. The van der Waals surface area contributed by atoms with E-state index in [0.717, 1.165) is 43.9 Å². The van der Waals surface area contributed by atoms with Gasteiger partial charge in [-0.1, -0.05) is 25.1 Å². The van der Waals surface area contributed by atoms with Gasteiger partial charge in [0, 0.05) is 37.4 Å². The van der Waals surface area contributed by atoms with Crippen molar-refractivity contribution in [2.24, 2.45) is 5.73 Å². The topological polar surface area (TPSA) is 58.8 Å². The van der Waals surface area contributed by atoms with Crippen molar-refractivity contribution in [3.05, 3.63) is 48.0 Å². The molecule has 5 heteroatoms. The van der Waals surface area contributed by atoms with Crippen molar-refractivity contribution < 1.29 is 9.53 Å². The lowest BCUT2D eigenvalue weighted by Crippen LogP contribution is -2.46. The Morgan fingerprint density at radius 2 is 1.76 bits per heavy atom. The van der Waals surface area contributed by atoms with E-state index in [1.807, 2.05) is 18.2 Å². The Morgan fingerprint density at radius 1 is 1.08 bits per heavy atom. The molecular formula is C20H25N3O2. The van der Waals surface area contributed by atoms with Crippen molar-refractivity contribution >= 4 is 11.6 Å². The number of likely N-dealkylation sites (N-methyl/N-ethyl adjacent to an activating group) is 1.